The van der Waals surface area contributed by atoms with Crippen molar-refractivity contribution in [3.8, 4) is 11.9 Å². The number of nitrogens with zero attached hydrogens (tertiary/aromatic N) is 5. The number of nitrogens with two attached hydrogens (primary N) is 1. The van der Waals surface area contributed by atoms with Crippen LogP contribution in [-0.2, 0) is 5.54 Å². The molecule has 8 heteroatoms. The number of carbonyl (C=O) groups is 1. The first-order chi connectivity index (χ1) is 13.7. The van der Waals surface area contributed by atoms with Crippen molar-refractivity contribution in [2.75, 3.05) is 32.6 Å². The zero-order valence-corrected chi connectivity index (χ0v) is 17.2. The molecule has 0 radical (unpaired) electrons. The first-order valence-electron chi connectivity index (χ1n) is 9.36. The number of hydrogen-bond donors (Lipinski definition) is 1. The van der Waals surface area contributed by atoms with Crippen molar-refractivity contribution in [1.29, 1.82) is 5.26 Å². The third-order valence-electron chi connectivity index (χ3n) is 5.73. The van der Waals surface area contributed by atoms with Gasteiger partial charge in [-0.25, -0.2) is 9.78 Å². The number of hydrogen-bond acceptors (Lipinski definition) is 6. The summed E-state index contributed by atoms with van der Waals surface area (Å²) in [6.45, 7) is 2.54. The molecule has 3 rings (SSSR count). The number of nitriles is 1. The second kappa shape index (κ2) is 7.68. The van der Waals surface area contributed by atoms with E-state index in [9.17, 15) is 4.79 Å². The number of benzene rings is 1. The molecule has 0 aliphatic heterocycles. The highest BCUT2D eigenvalue weighted by molar-refractivity contribution is 5.92. The second-order valence-electron chi connectivity index (χ2n) is 8.08. The fourth-order valence-electron chi connectivity index (χ4n) is 4.41. The van der Waals surface area contributed by atoms with Crippen LogP contribution in [0.3, 0.4) is 0 Å². The second-order valence-corrected chi connectivity index (χ2v) is 8.08. The number of urea groups is 1. The van der Waals surface area contributed by atoms with Gasteiger partial charge in [0.15, 0.2) is 0 Å². The number of amides is 2. The summed E-state index contributed by atoms with van der Waals surface area (Å²) in [6, 6.07) is 11.6. The van der Waals surface area contributed by atoms with E-state index >= 15 is 0 Å². The number of aromatic nitrogens is 2. The molecule has 1 fully saturated rings. The summed E-state index contributed by atoms with van der Waals surface area (Å²) in [4.78, 5) is 24.0. The summed E-state index contributed by atoms with van der Waals surface area (Å²) >= 11 is 0. The summed E-state index contributed by atoms with van der Waals surface area (Å²) < 4.78 is 5.27. The Morgan fingerprint density at radius 3 is 2.48 bits per heavy atom. The predicted molar refractivity (Wildman–Crippen MR) is 109 cm³/mol. The molecule has 1 aromatic heterocycles. The monoisotopic (exact) mass is 394 g/mol. The average molecular weight is 394 g/mol. The molecule has 0 spiro atoms. The molecule has 1 aliphatic carbocycles. The van der Waals surface area contributed by atoms with Crippen LogP contribution in [0.1, 0.15) is 31.2 Å². The standard InChI is InChI=1S/C21H26N6O2/c1-20(12-21(13-20,26(2)3)15-8-6-5-7-9-15)14-27(19(23)28)16-11-24-17(10-22)25-18(16)29-4/h5-9,11H,12-14H2,1-4H3,(H2,23,28). The van der Waals surface area contributed by atoms with Gasteiger partial charge in [0.1, 0.15) is 11.8 Å². The van der Waals surface area contributed by atoms with Crippen LogP contribution >= 0.6 is 0 Å². The van der Waals surface area contributed by atoms with Gasteiger partial charge in [-0.1, -0.05) is 37.3 Å². The van der Waals surface area contributed by atoms with Gasteiger partial charge in [-0.2, -0.15) is 10.2 Å². The Bertz CT molecular complexity index is 932. The van der Waals surface area contributed by atoms with E-state index in [1.807, 2.05) is 24.3 Å². The number of carbonyl (C=O) groups excluding carboxylic acids is 1. The maximum Gasteiger partial charge on any atom is 0.319 e. The van der Waals surface area contributed by atoms with E-state index in [1.54, 1.807) is 0 Å². The molecular weight excluding hydrogens is 368 g/mol. The zero-order chi connectivity index (χ0) is 21.2. The summed E-state index contributed by atoms with van der Waals surface area (Å²) in [6.07, 6.45) is 3.13. The van der Waals surface area contributed by atoms with Crippen molar-refractivity contribution >= 4 is 11.7 Å². The first-order valence-corrected chi connectivity index (χ1v) is 9.36. The van der Waals surface area contributed by atoms with E-state index in [4.69, 9.17) is 15.7 Å². The van der Waals surface area contributed by atoms with Crippen LogP contribution in [0.5, 0.6) is 5.88 Å². The van der Waals surface area contributed by atoms with E-state index in [2.05, 4.69) is 48.0 Å². The maximum atomic E-state index is 12.3. The van der Waals surface area contributed by atoms with Gasteiger partial charge in [0.25, 0.3) is 0 Å². The number of rotatable bonds is 6. The van der Waals surface area contributed by atoms with Crippen molar-refractivity contribution in [3.05, 3.63) is 47.9 Å². The fourth-order valence-corrected chi connectivity index (χ4v) is 4.41. The largest absolute Gasteiger partial charge is 0.479 e. The molecule has 0 unspecified atom stereocenters. The van der Waals surface area contributed by atoms with Gasteiger partial charge in [-0.05, 0) is 37.9 Å². The normalized spacial score (nSPS) is 23.2. The average Bonchev–Trinajstić information content (AvgIpc) is 2.69. The molecule has 0 atom stereocenters. The lowest BCUT2D eigenvalue weighted by molar-refractivity contribution is -0.0531. The zero-order valence-electron chi connectivity index (χ0n) is 17.2. The van der Waals surface area contributed by atoms with Gasteiger partial charge in [0, 0.05) is 12.1 Å². The highest BCUT2D eigenvalue weighted by atomic mass is 16.5. The molecule has 29 heavy (non-hydrogen) atoms. The summed E-state index contributed by atoms with van der Waals surface area (Å²) in [5.74, 6) is 0.126. The summed E-state index contributed by atoms with van der Waals surface area (Å²) in [7, 11) is 5.59. The van der Waals surface area contributed by atoms with Crippen LogP contribution in [-0.4, -0.2) is 48.6 Å². The van der Waals surface area contributed by atoms with Gasteiger partial charge in [0.2, 0.25) is 11.7 Å². The minimum absolute atomic E-state index is 0.0272. The smallest absolute Gasteiger partial charge is 0.319 e. The van der Waals surface area contributed by atoms with Gasteiger partial charge in [-0.15, -0.1) is 0 Å². The highest BCUT2D eigenvalue weighted by Crippen LogP contribution is 2.57. The molecule has 1 heterocycles. The van der Waals surface area contributed by atoms with Gasteiger partial charge in [-0.3, -0.25) is 9.80 Å². The van der Waals surface area contributed by atoms with Crippen LogP contribution in [0.2, 0.25) is 0 Å². The third-order valence-corrected chi connectivity index (χ3v) is 5.73. The van der Waals surface area contributed by atoms with Gasteiger partial charge >= 0.3 is 6.03 Å². The van der Waals surface area contributed by atoms with Crippen molar-refractivity contribution in [2.45, 2.75) is 25.3 Å². The molecule has 1 aliphatic rings. The van der Waals surface area contributed by atoms with Crippen molar-refractivity contribution in [3.63, 3.8) is 0 Å². The number of anilines is 1. The summed E-state index contributed by atoms with van der Waals surface area (Å²) in [5.41, 5.74) is 7.06. The number of methoxy groups -OCH3 is 1. The fraction of sp³-hybridized carbons (Fsp3) is 0.429. The Balaban J connectivity index is 1.88. The van der Waals surface area contributed by atoms with E-state index < -0.39 is 6.03 Å². The molecule has 8 nitrogen and oxygen atoms in total. The van der Waals surface area contributed by atoms with Crippen LogP contribution in [0.15, 0.2) is 36.5 Å². The minimum atomic E-state index is -0.611. The van der Waals surface area contributed by atoms with Crippen LogP contribution in [0, 0.1) is 16.7 Å². The molecule has 2 amide bonds. The predicted octanol–water partition coefficient (Wildman–Crippen LogP) is 2.50. The molecule has 1 aromatic carbocycles. The van der Waals surface area contributed by atoms with Crippen LogP contribution in [0.25, 0.3) is 0 Å². The van der Waals surface area contributed by atoms with E-state index in [-0.39, 0.29) is 22.7 Å². The topological polar surface area (TPSA) is 108 Å². The SMILES string of the molecule is COc1nc(C#N)ncc1N(CC1(C)CC(c2ccccc2)(N(C)C)C1)C(N)=O. The van der Waals surface area contributed by atoms with Crippen LogP contribution in [0.4, 0.5) is 10.5 Å². The Hall–Kier alpha value is -3.18. The quantitative estimate of drug-likeness (QED) is 0.806. The minimum Gasteiger partial charge on any atom is -0.479 e. The number of primary amides is 1. The molecule has 152 valence electrons. The maximum absolute atomic E-state index is 12.3. The van der Waals surface area contributed by atoms with E-state index in [0.717, 1.165) is 12.8 Å². The third kappa shape index (κ3) is 3.74. The number of ether oxygens (including phenoxy) is 1. The molecular formula is C21H26N6O2. The lowest BCUT2D eigenvalue weighted by Gasteiger charge is -2.59. The van der Waals surface area contributed by atoms with E-state index in [1.165, 1.54) is 23.8 Å². The lowest BCUT2D eigenvalue weighted by Crippen LogP contribution is -2.60. The summed E-state index contributed by atoms with van der Waals surface area (Å²) in [5, 5.41) is 9.01. The van der Waals surface area contributed by atoms with Crippen molar-refractivity contribution in [2.24, 2.45) is 11.1 Å². The lowest BCUT2D eigenvalue weighted by atomic mass is 9.55. The molecule has 0 saturated heterocycles. The first kappa shape index (κ1) is 20.6. The van der Waals surface area contributed by atoms with Crippen LogP contribution < -0.4 is 15.4 Å². The highest BCUT2D eigenvalue weighted by Gasteiger charge is 2.55. The van der Waals surface area contributed by atoms with E-state index in [0.29, 0.717) is 12.2 Å². The van der Waals surface area contributed by atoms with Gasteiger partial charge < -0.3 is 10.5 Å². The van der Waals surface area contributed by atoms with Crippen molar-refractivity contribution in [1.82, 2.24) is 14.9 Å². The molecule has 1 saturated carbocycles. The Morgan fingerprint density at radius 1 is 1.31 bits per heavy atom. The molecule has 2 aromatic rings. The van der Waals surface area contributed by atoms with Gasteiger partial charge in [0.05, 0.1) is 13.3 Å². The van der Waals surface area contributed by atoms with Crippen molar-refractivity contribution < 1.29 is 9.53 Å². The molecule has 2 N–H and O–H groups in total. The Labute approximate surface area is 170 Å². The Morgan fingerprint density at radius 2 is 1.97 bits per heavy atom. The molecule has 0 bridgehead atoms. The Kier molecular flexibility index (Phi) is 5.44.